The molecule has 6 heteroatoms. The van der Waals surface area contributed by atoms with Crippen LogP contribution in [-0.2, 0) is 0 Å². The van der Waals surface area contributed by atoms with E-state index in [1.807, 2.05) is 0 Å². The second-order valence-electron chi connectivity index (χ2n) is 4.77. The van der Waals surface area contributed by atoms with E-state index < -0.39 is 24.7 Å². The van der Waals surface area contributed by atoms with Crippen LogP contribution in [0.4, 0.5) is 18.9 Å². The highest BCUT2D eigenvalue weighted by Gasteiger charge is 2.34. The Bertz CT molecular complexity index is 449. The Morgan fingerprint density at radius 3 is 2.32 bits per heavy atom. The van der Waals surface area contributed by atoms with Gasteiger partial charge in [-0.2, -0.15) is 13.2 Å². The second-order valence-corrected chi connectivity index (χ2v) is 4.77. The molecule has 0 unspecified atom stereocenters. The number of halogens is 3. The molecule has 0 aromatic heterocycles. The molecule has 1 aromatic carbocycles. The summed E-state index contributed by atoms with van der Waals surface area (Å²) in [4.78, 5) is 12.9. The van der Waals surface area contributed by atoms with Crippen molar-refractivity contribution in [3.63, 3.8) is 0 Å². The van der Waals surface area contributed by atoms with Crippen LogP contribution in [-0.4, -0.2) is 29.6 Å². The molecule has 0 atom stereocenters. The number of hydrogen-bond donors (Lipinski definition) is 1. The summed E-state index contributed by atoms with van der Waals surface area (Å²) < 4.78 is 37.4. The van der Waals surface area contributed by atoms with Gasteiger partial charge in [0.05, 0.1) is 0 Å². The molecule has 0 saturated heterocycles. The number of rotatable bonds is 3. The van der Waals surface area contributed by atoms with Crippen LogP contribution in [0.5, 0.6) is 0 Å². The molecule has 1 amide bonds. The van der Waals surface area contributed by atoms with Gasteiger partial charge in [-0.15, -0.1) is 0 Å². The van der Waals surface area contributed by atoms with Gasteiger partial charge in [-0.25, -0.2) is 0 Å². The summed E-state index contributed by atoms with van der Waals surface area (Å²) in [5.41, 5.74) is 6.88. The van der Waals surface area contributed by atoms with E-state index in [4.69, 9.17) is 5.73 Å². The fraction of sp³-hybridized carbons (Fsp3) is 0.462. The van der Waals surface area contributed by atoms with E-state index in [1.165, 1.54) is 12.1 Å². The maximum atomic E-state index is 12.5. The zero-order valence-corrected chi connectivity index (χ0v) is 11.1. The number of nitrogen functional groups attached to an aromatic ring is 1. The van der Waals surface area contributed by atoms with Gasteiger partial charge in [0.2, 0.25) is 0 Å². The lowest BCUT2D eigenvalue weighted by molar-refractivity contribution is -0.143. The highest BCUT2D eigenvalue weighted by Crippen LogP contribution is 2.21. The highest BCUT2D eigenvalue weighted by atomic mass is 19.4. The Morgan fingerprint density at radius 2 is 1.89 bits per heavy atom. The van der Waals surface area contributed by atoms with Gasteiger partial charge in [0.1, 0.15) is 6.54 Å². The SMILES string of the molecule is Cc1cc(N)cc(C(=O)N(CC(F)(F)F)C(C)C)c1. The predicted molar refractivity (Wildman–Crippen MR) is 67.8 cm³/mol. The fourth-order valence-corrected chi connectivity index (χ4v) is 1.78. The lowest BCUT2D eigenvalue weighted by Gasteiger charge is -2.28. The average Bonchev–Trinajstić information content (AvgIpc) is 2.22. The molecule has 0 bridgehead atoms. The standard InChI is InChI=1S/C13H17F3N2O/c1-8(2)18(7-13(14,15)16)12(19)10-4-9(3)5-11(17)6-10/h4-6,8H,7,17H2,1-3H3. The van der Waals surface area contributed by atoms with Crippen molar-refractivity contribution in [2.24, 2.45) is 0 Å². The van der Waals surface area contributed by atoms with Crippen molar-refractivity contribution in [1.82, 2.24) is 4.90 Å². The Labute approximate surface area is 110 Å². The van der Waals surface area contributed by atoms with E-state index in [1.54, 1.807) is 26.8 Å². The minimum atomic E-state index is -4.42. The third-order valence-corrected chi connectivity index (χ3v) is 2.58. The molecule has 106 valence electrons. The first-order valence-electron chi connectivity index (χ1n) is 5.85. The molecule has 0 aliphatic heterocycles. The topological polar surface area (TPSA) is 46.3 Å². The van der Waals surface area contributed by atoms with Crippen molar-refractivity contribution < 1.29 is 18.0 Å². The van der Waals surface area contributed by atoms with Crippen molar-refractivity contribution >= 4 is 11.6 Å². The summed E-state index contributed by atoms with van der Waals surface area (Å²) in [5.74, 6) is -0.664. The molecule has 19 heavy (non-hydrogen) atoms. The number of benzene rings is 1. The van der Waals surface area contributed by atoms with Crippen LogP contribution in [0.2, 0.25) is 0 Å². The predicted octanol–water partition coefficient (Wildman–Crippen LogP) is 2.99. The zero-order valence-electron chi connectivity index (χ0n) is 11.1. The van der Waals surface area contributed by atoms with Crippen molar-refractivity contribution in [3.8, 4) is 0 Å². The van der Waals surface area contributed by atoms with E-state index in [-0.39, 0.29) is 5.56 Å². The first-order valence-corrected chi connectivity index (χ1v) is 5.85. The first-order chi connectivity index (χ1) is 8.60. The molecular weight excluding hydrogens is 257 g/mol. The number of alkyl halides is 3. The van der Waals surface area contributed by atoms with Gasteiger partial charge in [-0.1, -0.05) is 0 Å². The minimum absolute atomic E-state index is 0.176. The van der Waals surface area contributed by atoms with E-state index in [9.17, 15) is 18.0 Å². The summed E-state index contributed by atoms with van der Waals surface area (Å²) in [5, 5.41) is 0. The average molecular weight is 274 g/mol. The molecule has 2 N–H and O–H groups in total. The largest absolute Gasteiger partial charge is 0.406 e. The van der Waals surface area contributed by atoms with Crippen molar-refractivity contribution in [2.75, 3.05) is 12.3 Å². The Morgan fingerprint density at radius 1 is 1.32 bits per heavy atom. The summed E-state index contributed by atoms with van der Waals surface area (Å²) >= 11 is 0. The van der Waals surface area contributed by atoms with Gasteiger partial charge in [0.15, 0.2) is 0 Å². The molecule has 3 nitrogen and oxygen atoms in total. The van der Waals surface area contributed by atoms with E-state index in [2.05, 4.69) is 0 Å². The van der Waals surface area contributed by atoms with Gasteiger partial charge in [0.25, 0.3) is 5.91 Å². The number of aryl methyl sites for hydroxylation is 1. The van der Waals surface area contributed by atoms with Crippen LogP contribution in [0.15, 0.2) is 18.2 Å². The smallest absolute Gasteiger partial charge is 0.399 e. The first kappa shape index (κ1) is 15.3. The fourth-order valence-electron chi connectivity index (χ4n) is 1.78. The zero-order chi connectivity index (χ0) is 14.8. The van der Waals surface area contributed by atoms with Crippen molar-refractivity contribution in [2.45, 2.75) is 33.0 Å². The maximum absolute atomic E-state index is 12.5. The normalized spacial score (nSPS) is 11.7. The number of hydrogen-bond acceptors (Lipinski definition) is 2. The van der Waals surface area contributed by atoms with Crippen molar-refractivity contribution in [3.05, 3.63) is 29.3 Å². The van der Waals surface area contributed by atoms with Crippen LogP contribution in [0.3, 0.4) is 0 Å². The Balaban J connectivity index is 3.06. The lowest BCUT2D eigenvalue weighted by Crippen LogP contribution is -2.43. The third-order valence-electron chi connectivity index (χ3n) is 2.58. The minimum Gasteiger partial charge on any atom is -0.399 e. The molecule has 0 radical (unpaired) electrons. The van der Waals surface area contributed by atoms with E-state index in [0.29, 0.717) is 5.69 Å². The molecule has 0 aliphatic rings. The number of anilines is 1. The molecule has 0 fully saturated rings. The molecule has 0 spiro atoms. The number of amides is 1. The van der Waals surface area contributed by atoms with Gasteiger partial charge < -0.3 is 10.6 Å². The highest BCUT2D eigenvalue weighted by molar-refractivity contribution is 5.95. The molecule has 0 saturated carbocycles. The number of nitrogens with zero attached hydrogens (tertiary/aromatic N) is 1. The van der Waals surface area contributed by atoms with E-state index >= 15 is 0 Å². The van der Waals surface area contributed by atoms with Crippen LogP contribution >= 0.6 is 0 Å². The molecule has 1 rings (SSSR count). The third kappa shape index (κ3) is 4.46. The van der Waals surface area contributed by atoms with Gasteiger partial charge in [-0.3, -0.25) is 4.79 Å². The number of carbonyl (C=O) groups excluding carboxylic acids is 1. The van der Waals surface area contributed by atoms with Gasteiger partial charge >= 0.3 is 6.18 Å². The number of nitrogens with two attached hydrogens (primary N) is 1. The molecule has 0 heterocycles. The Hall–Kier alpha value is -1.72. The van der Waals surface area contributed by atoms with Crippen LogP contribution in [0, 0.1) is 6.92 Å². The summed E-state index contributed by atoms with van der Waals surface area (Å²) in [6.45, 7) is 3.56. The van der Waals surface area contributed by atoms with Crippen LogP contribution in [0.25, 0.3) is 0 Å². The Kier molecular flexibility index (Phi) is 4.44. The van der Waals surface area contributed by atoms with Crippen LogP contribution < -0.4 is 5.73 Å². The number of carbonyl (C=O) groups is 1. The summed E-state index contributed by atoms with van der Waals surface area (Å²) in [6.07, 6.45) is -4.42. The quantitative estimate of drug-likeness (QED) is 0.861. The van der Waals surface area contributed by atoms with E-state index in [0.717, 1.165) is 10.5 Å². The lowest BCUT2D eigenvalue weighted by atomic mass is 10.1. The summed E-state index contributed by atoms with van der Waals surface area (Å²) in [7, 11) is 0. The van der Waals surface area contributed by atoms with Gasteiger partial charge in [0, 0.05) is 17.3 Å². The van der Waals surface area contributed by atoms with Gasteiger partial charge in [-0.05, 0) is 44.5 Å². The monoisotopic (exact) mass is 274 g/mol. The molecule has 1 aromatic rings. The summed E-state index contributed by atoms with van der Waals surface area (Å²) in [6, 6.07) is 4.03. The van der Waals surface area contributed by atoms with Crippen LogP contribution in [0.1, 0.15) is 29.8 Å². The second kappa shape index (κ2) is 5.50. The molecular formula is C13H17F3N2O. The van der Waals surface area contributed by atoms with Crippen molar-refractivity contribution in [1.29, 1.82) is 0 Å². The maximum Gasteiger partial charge on any atom is 0.406 e. The molecule has 0 aliphatic carbocycles.